The summed E-state index contributed by atoms with van der Waals surface area (Å²) >= 11 is 0. The van der Waals surface area contributed by atoms with Crippen molar-refractivity contribution < 1.29 is 23.0 Å². The van der Waals surface area contributed by atoms with Crippen LogP contribution < -0.4 is 5.32 Å². The van der Waals surface area contributed by atoms with E-state index in [0.29, 0.717) is 39.1 Å². The standard InChI is InChI=1S/C16H36NO5P/c1-14(2)17-8-9-18-10-11-19-12-13-20-23(7,21-15(3)4)22-16(5)6/h14-17H,7-13H2,1-6H3. The lowest BCUT2D eigenvalue weighted by Gasteiger charge is -2.27. The molecule has 140 valence electrons. The van der Waals surface area contributed by atoms with Crippen molar-refractivity contribution >= 4 is 13.9 Å². The predicted octanol–water partition coefficient (Wildman–Crippen LogP) is 3.08. The van der Waals surface area contributed by atoms with Crippen molar-refractivity contribution in [1.29, 1.82) is 0 Å². The number of nitrogens with one attached hydrogen (secondary N) is 1. The summed E-state index contributed by atoms with van der Waals surface area (Å²) in [6.07, 6.45) is 4.00. The Hall–Kier alpha value is 0.0600. The van der Waals surface area contributed by atoms with Gasteiger partial charge in [0.2, 0.25) is 0 Å². The molecular weight excluding hydrogens is 317 g/mol. The van der Waals surface area contributed by atoms with E-state index in [1.165, 1.54) is 0 Å². The van der Waals surface area contributed by atoms with Crippen LogP contribution in [0.3, 0.4) is 0 Å². The van der Waals surface area contributed by atoms with Crippen molar-refractivity contribution in [3.05, 3.63) is 0 Å². The van der Waals surface area contributed by atoms with Gasteiger partial charge in [0, 0.05) is 12.6 Å². The van der Waals surface area contributed by atoms with Gasteiger partial charge in [-0.15, -0.1) is 0 Å². The first-order valence-electron chi connectivity index (χ1n) is 8.39. The highest BCUT2D eigenvalue weighted by Crippen LogP contribution is 2.50. The van der Waals surface area contributed by atoms with Gasteiger partial charge in [0.15, 0.2) is 0 Å². The van der Waals surface area contributed by atoms with Crippen LogP contribution in [0.4, 0.5) is 0 Å². The Morgan fingerprint density at radius 1 is 0.783 bits per heavy atom. The first kappa shape index (κ1) is 23.1. The van der Waals surface area contributed by atoms with E-state index in [-0.39, 0.29) is 12.2 Å². The molecule has 0 saturated carbocycles. The van der Waals surface area contributed by atoms with Crippen LogP contribution in [0.25, 0.3) is 0 Å². The van der Waals surface area contributed by atoms with E-state index in [1.54, 1.807) is 0 Å². The number of rotatable bonds is 15. The zero-order valence-electron chi connectivity index (χ0n) is 15.7. The van der Waals surface area contributed by atoms with Gasteiger partial charge in [-0.25, -0.2) is 0 Å². The molecular formula is C16H36NO5P. The predicted molar refractivity (Wildman–Crippen MR) is 97.2 cm³/mol. The Labute approximate surface area is 142 Å². The van der Waals surface area contributed by atoms with E-state index in [2.05, 4.69) is 25.5 Å². The van der Waals surface area contributed by atoms with Crippen molar-refractivity contribution in [1.82, 2.24) is 5.32 Å². The second-order valence-corrected chi connectivity index (χ2v) is 7.99. The molecule has 6 nitrogen and oxygen atoms in total. The van der Waals surface area contributed by atoms with E-state index < -0.39 is 7.57 Å². The molecule has 0 heterocycles. The van der Waals surface area contributed by atoms with Crippen LogP contribution in [-0.4, -0.2) is 64.1 Å². The molecule has 0 bridgehead atoms. The summed E-state index contributed by atoms with van der Waals surface area (Å²) < 4.78 is 28.0. The number of ether oxygens (including phenoxy) is 2. The van der Waals surface area contributed by atoms with Crippen LogP contribution in [0.2, 0.25) is 0 Å². The van der Waals surface area contributed by atoms with Crippen molar-refractivity contribution in [2.24, 2.45) is 0 Å². The molecule has 0 aliphatic rings. The fourth-order valence-corrected chi connectivity index (χ4v) is 3.51. The summed E-state index contributed by atoms with van der Waals surface area (Å²) in [5, 5.41) is 3.29. The first-order valence-corrected chi connectivity index (χ1v) is 10.1. The van der Waals surface area contributed by atoms with Gasteiger partial charge < -0.3 is 28.4 Å². The minimum Gasteiger partial charge on any atom is -0.378 e. The second-order valence-electron chi connectivity index (χ2n) is 6.09. The third kappa shape index (κ3) is 15.3. The molecule has 0 fully saturated rings. The fourth-order valence-electron chi connectivity index (χ4n) is 1.71. The highest BCUT2D eigenvalue weighted by Gasteiger charge is 2.20. The molecule has 0 spiro atoms. The summed E-state index contributed by atoms with van der Waals surface area (Å²) in [7, 11) is -2.53. The highest BCUT2D eigenvalue weighted by atomic mass is 31.2. The monoisotopic (exact) mass is 353 g/mol. The second kappa shape index (κ2) is 13.4. The van der Waals surface area contributed by atoms with Crippen LogP contribution in [0.5, 0.6) is 0 Å². The molecule has 0 aromatic heterocycles. The van der Waals surface area contributed by atoms with Crippen LogP contribution in [-0.2, 0) is 23.0 Å². The zero-order chi connectivity index (χ0) is 17.7. The minimum atomic E-state index is -2.53. The highest BCUT2D eigenvalue weighted by molar-refractivity contribution is 7.59. The molecule has 0 amide bonds. The van der Waals surface area contributed by atoms with Gasteiger partial charge in [-0.3, -0.25) is 0 Å². The van der Waals surface area contributed by atoms with Crippen LogP contribution >= 0.6 is 7.57 Å². The third-order valence-electron chi connectivity index (χ3n) is 2.43. The molecule has 7 heteroatoms. The van der Waals surface area contributed by atoms with Gasteiger partial charge in [0.1, 0.15) is 0 Å². The fraction of sp³-hybridized carbons (Fsp3) is 0.938. The largest absolute Gasteiger partial charge is 0.378 e. The molecule has 0 aliphatic heterocycles. The Balaban J connectivity index is 3.68. The van der Waals surface area contributed by atoms with Gasteiger partial charge in [-0.05, 0) is 34.0 Å². The Morgan fingerprint density at radius 3 is 1.74 bits per heavy atom. The summed E-state index contributed by atoms with van der Waals surface area (Å²) in [5.74, 6) is 0. The summed E-state index contributed by atoms with van der Waals surface area (Å²) in [5.41, 5.74) is 0. The van der Waals surface area contributed by atoms with Gasteiger partial charge >= 0.3 is 0 Å². The maximum Gasteiger partial charge on any atom is 0.251 e. The number of hydrogen-bond donors (Lipinski definition) is 1. The molecule has 0 aromatic rings. The molecule has 0 rings (SSSR count). The van der Waals surface area contributed by atoms with E-state index in [1.807, 2.05) is 27.7 Å². The molecule has 0 aliphatic carbocycles. The lowest BCUT2D eigenvalue weighted by Crippen LogP contribution is -2.27. The summed E-state index contributed by atoms with van der Waals surface area (Å²) in [6, 6.07) is 0.486. The average Bonchev–Trinajstić information content (AvgIpc) is 2.38. The Morgan fingerprint density at radius 2 is 1.26 bits per heavy atom. The molecule has 23 heavy (non-hydrogen) atoms. The van der Waals surface area contributed by atoms with E-state index >= 15 is 0 Å². The maximum absolute atomic E-state index is 5.71. The minimum absolute atomic E-state index is 0.00773. The Kier molecular flexibility index (Phi) is 13.4. The molecule has 1 N–H and O–H groups in total. The smallest absolute Gasteiger partial charge is 0.251 e. The normalized spacial score (nSPS) is 12.7. The summed E-state index contributed by atoms with van der Waals surface area (Å²) in [4.78, 5) is 0. The van der Waals surface area contributed by atoms with Crippen molar-refractivity contribution in [3.63, 3.8) is 0 Å². The number of hydrogen-bond acceptors (Lipinski definition) is 6. The van der Waals surface area contributed by atoms with E-state index in [4.69, 9.17) is 23.0 Å². The van der Waals surface area contributed by atoms with Gasteiger partial charge in [-0.2, -0.15) is 0 Å². The van der Waals surface area contributed by atoms with Gasteiger partial charge in [0.05, 0.1) is 45.2 Å². The first-order chi connectivity index (χ1) is 10.7. The van der Waals surface area contributed by atoms with Crippen molar-refractivity contribution in [2.45, 2.75) is 59.8 Å². The lowest BCUT2D eigenvalue weighted by atomic mass is 10.4. The van der Waals surface area contributed by atoms with Crippen molar-refractivity contribution in [2.75, 3.05) is 39.6 Å². The molecule has 0 unspecified atom stereocenters. The third-order valence-corrected chi connectivity index (χ3v) is 4.49. The molecule has 0 saturated heterocycles. The summed E-state index contributed by atoms with van der Waals surface area (Å²) in [6.45, 7) is 15.5. The zero-order valence-corrected chi connectivity index (χ0v) is 16.6. The maximum atomic E-state index is 5.71. The lowest BCUT2D eigenvalue weighted by molar-refractivity contribution is 0.0288. The molecule has 0 atom stereocenters. The van der Waals surface area contributed by atoms with Crippen molar-refractivity contribution in [3.8, 4) is 0 Å². The topological polar surface area (TPSA) is 58.2 Å². The average molecular weight is 353 g/mol. The van der Waals surface area contributed by atoms with Crippen LogP contribution in [0.15, 0.2) is 0 Å². The quantitative estimate of drug-likeness (QED) is 0.361. The Bertz CT molecular complexity index is 310. The SMILES string of the molecule is C=P(OCCOCCOCCNC(C)C)(OC(C)C)OC(C)C. The molecule has 0 aromatic carbocycles. The van der Waals surface area contributed by atoms with E-state index in [0.717, 1.165) is 6.54 Å². The van der Waals surface area contributed by atoms with Crippen LogP contribution in [0, 0.1) is 0 Å². The van der Waals surface area contributed by atoms with Crippen LogP contribution in [0.1, 0.15) is 41.5 Å². The van der Waals surface area contributed by atoms with E-state index in [9.17, 15) is 0 Å². The van der Waals surface area contributed by atoms with Gasteiger partial charge in [-0.1, -0.05) is 13.8 Å². The van der Waals surface area contributed by atoms with Gasteiger partial charge in [0.25, 0.3) is 7.57 Å². The molecule has 0 radical (unpaired) electrons.